The minimum absolute atomic E-state index is 0.0892. The van der Waals surface area contributed by atoms with Gasteiger partial charge in [0, 0.05) is 25.0 Å². The first kappa shape index (κ1) is 14.1. The number of anilines is 1. The number of ether oxygens (including phenoxy) is 1. The van der Waals surface area contributed by atoms with Crippen LogP contribution in [0.25, 0.3) is 5.65 Å². The van der Waals surface area contributed by atoms with Gasteiger partial charge in [0.2, 0.25) is 5.91 Å². The molecule has 0 aliphatic carbocycles. The molecule has 2 heterocycles. The van der Waals surface area contributed by atoms with Gasteiger partial charge in [0.1, 0.15) is 18.0 Å². The van der Waals surface area contributed by atoms with Gasteiger partial charge in [-0.25, -0.2) is 4.98 Å². The number of nitrogens with one attached hydrogen (secondary N) is 1. The summed E-state index contributed by atoms with van der Waals surface area (Å²) in [6, 6.07) is 11.3. The maximum Gasteiger partial charge on any atom is 0.221 e. The van der Waals surface area contributed by atoms with Gasteiger partial charge in [-0.3, -0.25) is 4.79 Å². The molecule has 0 atom stereocenters. The second-order valence-corrected chi connectivity index (χ2v) is 5.20. The van der Waals surface area contributed by atoms with Gasteiger partial charge in [0.15, 0.2) is 0 Å². The maximum atomic E-state index is 11.0. The lowest BCUT2D eigenvalue weighted by Gasteiger charge is -2.06. The molecular weight excluding hydrogens is 278 g/mol. The van der Waals surface area contributed by atoms with Crippen molar-refractivity contribution >= 4 is 17.2 Å². The van der Waals surface area contributed by atoms with Gasteiger partial charge < -0.3 is 14.5 Å². The van der Waals surface area contributed by atoms with Crippen LogP contribution in [0.3, 0.4) is 0 Å². The first-order valence-electron chi connectivity index (χ1n) is 7.05. The fourth-order valence-electron chi connectivity index (χ4n) is 2.22. The van der Waals surface area contributed by atoms with E-state index in [1.165, 1.54) is 12.5 Å². The third-order valence-corrected chi connectivity index (χ3v) is 3.21. The van der Waals surface area contributed by atoms with E-state index in [-0.39, 0.29) is 5.91 Å². The number of fused-ring (bicyclic) bond motifs is 1. The van der Waals surface area contributed by atoms with Crippen molar-refractivity contribution in [3.8, 4) is 5.75 Å². The normalized spacial score (nSPS) is 10.6. The van der Waals surface area contributed by atoms with Crippen molar-refractivity contribution in [2.45, 2.75) is 20.5 Å². The summed E-state index contributed by atoms with van der Waals surface area (Å²) in [7, 11) is 0. The highest BCUT2D eigenvalue weighted by molar-refractivity contribution is 5.88. The Morgan fingerprint density at radius 1 is 1.18 bits per heavy atom. The molecule has 112 valence electrons. The lowest BCUT2D eigenvalue weighted by molar-refractivity contribution is -0.114. The fraction of sp³-hybridized carbons (Fsp3) is 0.176. The van der Waals surface area contributed by atoms with Crippen LogP contribution in [-0.2, 0) is 11.4 Å². The maximum absolute atomic E-state index is 11.0. The summed E-state index contributed by atoms with van der Waals surface area (Å²) in [6.07, 6.45) is 4.00. The van der Waals surface area contributed by atoms with Crippen molar-refractivity contribution in [1.29, 1.82) is 0 Å². The molecule has 0 bridgehead atoms. The Kier molecular flexibility index (Phi) is 3.78. The molecular formula is C17H17N3O2. The zero-order valence-corrected chi connectivity index (χ0v) is 12.5. The highest BCUT2D eigenvalue weighted by Gasteiger charge is 2.03. The molecule has 5 heteroatoms. The molecule has 1 amide bonds. The summed E-state index contributed by atoms with van der Waals surface area (Å²) in [5.74, 6) is 0.649. The average Bonchev–Trinajstić information content (AvgIpc) is 2.88. The number of benzene rings is 1. The minimum Gasteiger partial charge on any atom is -0.487 e. The van der Waals surface area contributed by atoms with E-state index in [1.54, 1.807) is 0 Å². The van der Waals surface area contributed by atoms with Crippen molar-refractivity contribution in [1.82, 2.24) is 9.38 Å². The first-order valence-corrected chi connectivity index (χ1v) is 7.05. The summed E-state index contributed by atoms with van der Waals surface area (Å²) >= 11 is 0. The number of rotatable bonds is 4. The predicted molar refractivity (Wildman–Crippen MR) is 85.0 cm³/mol. The van der Waals surface area contributed by atoms with Crippen LogP contribution in [0.2, 0.25) is 0 Å². The molecule has 3 aromatic rings. The van der Waals surface area contributed by atoms with Crippen LogP contribution in [0.4, 0.5) is 5.69 Å². The van der Waals surface area contributed by atoms with E-state index in [4.69, 9.17) is 4.74 Å². The lowest BCUT2D eigenvalue weighted by atomic mass is 10.3. The van der Waals surface area contributed by atoms with Gasteiger partial charge in [-0.1, -0.05) is 6.07 Å². The molecule has 0 aliphatic heterocycles. The smallest absolute Gasteiger partial charge is 0.221 e. The second kappa shape index (κ2) is 5.89. The van der Waals surface area contributed by atoms with Gasteiger partial charge in [-0.2, -0.15) is 0 Å². The molecule has 0 unspecified atom stereocenters. The van der Waals surface area contributed by atoms with E-state index in [2.05, 4.69) is 10.3 Å². The van der Waals surface area contributed by atoms with E-state index in [0.717, 1.165) is 22.8 Å². The summed E-state index contributed by atoms with van der Waals surface area (Å²) in [5, 5.41) is 2.72. The monoisotopic (exact) mass is 295 g/mol. The van der Waals surface area contributed by atoms with Gasteiger partial charge in [-0.05, 0) is 42.8 Å². The number of pyridine rings is 1. The number of hydrogen-bond acceptors (Lipinski definition) is 3. The fourth-order valence-corrected chi connectivity index (χ4v) is 2.22. The number of aromatic nitrogens is 2. The van der Waals surface area contributed by atoms with Crippen molar-refractivity contribution < 1.29 is 9.53 Å². The van der Waals surface area contributed by atoms with Crippen LogP contribution >= 0.6 is 0 Å². The summed E-state index contributed by atoms with van der Waals surface area (Å²) in [6.45, 7) is 3.93. The molecule has 0 saturated carbocycles. The third-order valence-electron chi connectivity index (χ3n) is 3.21. The number of amides is 1. The standard InChI is InChI=1S/C17H17N3O2/c1-12-3-8-17-19-15(10-20(17)9-12)11-22-16-6-4-14(5-7-16)18-13(2)21/h3-10H,11H2,1-2H3,(H,18,21). The molecule has 0 fully saturated rings. The third kappa shape index (κ3) is 3.25. The van der Waals surface area contributed by atoms with Crippen LogP contribution in [0.1, 0.15) is 18.2 Å². The van der Waals surface area contributed by atoms with Crippen LogP contribution in [0, 0.1) is 6.92 Å². The zero-order chi connectivity index (χ0) is 15.5. The van der Waals surface area contributed by atoms with Crippen molar-refractivity contribution in [3.05, 3.63) is 60.0 Å². The van der Waals surface area contributed by atoms with E-state index in [0.29, 0.717) is 6.61 Å². The van der Waals surface area contributed by atoms with Gasteiger partial charge >= 0.3 is 0 Å². The Labute approximate surface area is 128 Å². The largest absolute Gasteiger partial charge is 0.487 e. The topological polar surface area (TPSA) is 55.6 Å². The van der Waals surface area contributed by atoms with Crippen LogP contribution < -0.4 is 10.1 Å². The molecule has 2 aromatic heterocycles. The average molecular weight is 295 g/mol. The zero-order valence-electron chi connectivity index (χ0n) is 12.5. The molecule has 0 spiro atoms. The number of carbonyl (C=O) groups excluding carboxylic acids is 1. The number of imidazole rings is 1. The summed E-state index contributed by atoms with van der Waals surface area (Å²) < 4.78 is 7.72. The van der Waals surface area contributed by atoms with Gasteiger partial charge in [0.25, 0.3) is 0 Å². The van der Waals surface area contributed by atoms with E-state index in [9.17, 15) is 4.79 Å². The second-order valence-electron chi connectivity index (χ2n) is 5.20. The molecule has 22 heavy (non-hydrogen) atoms. The summed E-state index contributed by atoms with van der Waals surface area (Å²) in [5.41, 5.74) is 3.72. The Hall–Kier alpha value is -2.82. The molecule has 3 rings (SSSR count). The Balaban J connectivity index is 1.67. The van der Waals surface area contributed by atoms with Crippen LogP contribution in [-0.4, -0.2) is 15.3 Å². The Morgan fingerprint density at radius 2 is 1.95 bits per heavy atom. The molecule has 1 N–H and O–H groups in total. The number of carbonyl (C=O) groups is 1. The van der Waals surface area contributed by atoms with E-state index < -0.39 is 0 Å². The van der Waals surface area contributed by atoms with Crippen molar-refractivity contribution in [2.75, 3.05) is 5.32 Å². The highest BCUT2D eigenvalue weighted by Crippen LogP contribution is 2.17. The molecule has 0 saturated heterocycles. The molecule has 0 radical (unpaired) electrons. The number of nitrogens with zero attached hydrogens (tertiary/aromatic N) is 2. The number of hydrogen-bond donors (Lipinski definition) is 1. The molecule has 1 aromatic carbocycles. The van der Waals surface area contributed by atoms with Crippen LogP contribution in [0.5, 0.6) is 5.75 Å². The highest BCUT2D eigenvalue weighted by atomic mass is 16.5. The quantitative estimate of drug-likeness (QED) is 0.804. The van der Waals surface area contributed by atoms with E-state index >= 15 is 0 Å². The SMILES string of the molecule is CC(=O)Nc1ccc(OCc2cn3cc(C)ccc3n2)cc1. The van der Waals surface area contributed by atoms with Gasteiger partial charge in [-0.15, -0.1) is 0 Å². The van der Waals surface area contributed by atoms with Crippen molar-refractivity contribution in [3.63, 3.8) is 0 Å². The summed E-state index contributed by atoms with van der Waals surface area (Å²) in [4.78, 5) is 15.5. The van der Waals surface area contributed by atoms with Gasteiger partial charge in [0.05, 0.1) is 5.69 Å². The molecule has 0 aliphatic rings. The van der Waals surface area contributed by atoms with Crippen LogP contribution in [0.15, 0.2) is 48.8 Å². The molecule has 5 nitrogen and oxygen atoms in total. The van der Waals surface area contributed by atoms with E-state index in [1.807, 2.05) is 60.1 Å². The number of aryl methyl sites for hydroxylation is 1. The minimum atomic E-state index is -0.0892. The predicted octanol–water partition coefficient (Wildman–Crippen LogP) is 3.18. The lowest BCUT2D eigenvalue weighted by Crippen LogP contribution is -2.05. The first-order chi connectivity index (χ1) is 10.6. The van der Waals surface area contributed by atoms with Crippen molar-refractivity contribution in [2.24, 2.45) is 0 Å². The Bertz CT molecular complexity index is 806. The Morgan fingerprint density at radius 3 is 2.68 bits per heavy atom.